The molecule has 0 unspecified atom stereocenters. The van der Waals surface area contributed by atoms with Gasteiger partial charge in [-0.25, -0.2) is 4.68 Å². The van der Waals surface area contributed by atoms with Gasteiger partial charge in [0.05, 0.1) is 13.3 Å². The third-order valence-electron chi connectivity index (χ3n) is 6.13. The van der Waals surface area contributed by atoms with E-state index in [4.69, 9.17) is 9.47 Å². The third kappa shape index (κ3) is 3.85. The van der Waals surface area contributed by atoms with Crippen LogP contribution in [-0.2, 0) is 6.61 Å². The molecule has 0 aliphatic carbocycles. The van der Waals surface area contributed by atoms with E-state index in [9.17, 15) is 4.79 Å². The van der Waals surface area contributed by atoms with Crippen molar-refractivity contribution >= 4 is 22.5 Å². The number of pyridine rings is 1. The maximum atomic E-state index is 13.3. The average molecular weight is 483 g/mol. The lowest BCUT2D eigenvalue weighted by molar-refractivity contribution is 0.293. The lowest BCUT2D eigenvalue weighted by Crippen LogP contribution is -2.29. The summed E-state index contributed by atoms with van der Waals surface area (Å²) in [5.74, 6) is 2.07. The molecule has 0 saturated carbocycles. The van der Waals surface area contributed by atoms with E-state index in [0.717, 1.165) is 32.8 Å². The van der Waals surface area contributed by atoms with Gasteiger partial charge in [-0.2, -0.15) is 0 Å². The van der Waals surface area contributed by atoms with Crippen molar-refractivity contribution in [3.8, 4) is 22.8 Å². The second-order valence-corrected chi connectivity index (χ2v) is 9.23. The minimum atomic E-state index is -0.283. The van der Waals surface area contributed by atoms with Crippen molar-refractivity contribution in [2.75, 3.05) is 12.9 Å². The molecule has 1 aliphatic rings. The molecule has 0 radical (unpaired) electrons. The lowest BCUT2D eigenvalue weighted by Gasteiger charge is -2.17. The normalized spacial score (nSPS) is 14.7. The van der Waals surface area contributed by atoms with Gasteiger partial charge < -0.3 is 9.47 Å². The zero-order chi connectivity index (χ0) is 23.8. The summed E-state index contributed by atoms with van der Waals surface area (Å²) < 4.78 is 15.4. The molecule has 0 N–H and O–H groups in total. The van der Waals surface area contributed by atoms with Gasteiger partial charge in [-0.15, -0.1) is 16.9 Å². The number of hydrogen-bond acceptors (Lipinski definition) is 6. The third-order valence-corrected chi connectivity index (χ3v) is 7.25. The van der Waals surface area contributed by atoms with Gasteiger partial charge in [-0.3, -0.25) is 9.36 Å². The van der Waals surface area contributed by atoms with Crippen LogP contribution in [0.5, 0.6) is 11.5 Å². The highest BCUT2D eigenvalue weighted by Gasteiger charge is 2.31. The molecule has 0 spiro atoms. The van der Waals surface area contributed by atoms with Crippen LogP contribution in [0.2, 0.25) is 0 Å². The number of rotatable bonds is 6. The lowest BCUT2D eigenvalue weighted by atomic mass is 10.1. The smallest absolute Gasteiger partial charge is 0.253 e. The highest BCUT2D eigenvalue weighted by atomic mass is 32.2. The van der Waals surface area contributed by atoms with Gasteiger partial charge in [0.15, 0.2) is 5.75 Å². The van der Waals surface area contributed by atoms with Crippen molar-refractivity contribution < 1.29 is 9.47 Å². The van der Waals surface area contributed by atoms with E-state index in [-0.39, 0.29) is 18.3 Å². The Morgan fingerprint density at radius 3 is 2.69 bits per heavy atom. The summed E-state index contributed by atoms with van der Waals surface area (Å²) in [6.07, 6.45) is 1.60. The standard InChI is InChI=1S/C27H22N4O3S/c1-33-26-20(16-34-23-13-7-11-18-8-5-6-12-21(18)23)14-25(32)31-24(17-35-27(26)31)30-15-22(28-29-30)19-9-3-2-4-10-19/h2-15,24H,16-17H2,1H3/t24-/m0/s1. The molecule has 0 saturated heterocycles. The quantitative estimate of drug-likeness (QED) is 0.339. The molecule has 1 atom stereocenters. The second-order valence-electron chi connectivity index (χ2n) is 8.22. The molecule has 0 bridgehead atoms. The monoisotopic (exact) mass is 482 g/mol. The summed E-state index contributed by atoms with van der Waals surface area (Å²) in [6.45, 7) is 0.229. The fraction of sp³-hybridized carbons (Fsp3) is 0.148. The molecule has 174 valence electrons. The molecular weight excluding hydrogens is 460 g/mol. The zero-order valence-electron chi connectivity index (χ0n) is 19.0. The van der Waals surface area contributed by atoms with Crippen molar-refractivity contribution in [3.63, 3.8) is 0 Å². The van der Waals surface area contributed by atoms with Gasteiger partial charge in [-0.1, -0.05) is 71.9 Å². The Morgan fingerprint density at radius 1 is 1.03 bits per heavy atom. The first-order chi connectivity index (χ1) is 17.2. The van der Waals surface area contributed by atoms with E-state index in [1.54, 1.807) is 34.2 Å². The molecule has 3 aromatic carbocycles. The van der Waals surface area contributed by atoms with E-state index in [1.165, 1.54) is 0 Å². The molecular formula is C27H22N4O3S. The zero-order valence-corrected chi connectivity index (χ0v) is 19.8. The SMILES string of the molecule is COc1c(COc2cccc3ccccc23)cc(=O)n2c1SC[C@H]2n1cc(-c2ccccc2)nn1. The van der Waals surface area contributed by atoms with Gasteiger partial charge in [0.1, 0.15) is 29.2 Å². The molecule has 0 fully saturated rings. The van der Waals surface area contributed by atoms with E-state index in [1.807, 2.05) is 66.9 Å². The van der Waals surface area contributed by atoms with Crippen molar-refractivity contribution in [3.05, 3.63) is 101 Å². The minimum absolute atomic E-state index is 0.121. The minimum Gasteiger partial charge on any atom is -0.494 e. The second kappa shape index (κ2) is 8.96. The maximum Gasteiger partial charge on any atom is 0.253 e. The van der Waals surface area contributed by atoms with E-state index in [2.05, 4.69) is 22.4 Å². The number of nitrogens with zero attached hydrogens (tertiary/aromatic N) is 4. The Bertz CT molecular complexity index is 1570. The van der Waals surface area contributed by atoms with E-state index >= 15 is 0 Å². The van der Waals surface area contributed by atoms with Crippen molar-refractivity contribution in [1.82, 2.24) is 19.6 Å². The molecule has 8 heteroatoms. The molecule has 5 aromatic rings. The number of aromatic nitrogens is 4. The van der Waals surface area contributed by atoms with E-state index < -0.39 is 0 Å². The van der Waals surface area contributed by atoms with Crippen molar-refractivity contribution in [1.29, 1.82) is 0 Å². The van der Waals surface area contributed by atoms with Gasteiger partial charge in [0.2, 0.25) is 0 Å². The molecule has 3 heterocycles. The Hall–Kier alpha value is -4.04. The van der Waals surface area contributed by atoms with Crippen molar-refractivity contribution in [2.24, 2.45) is 0 Å². The predicted octanol–water partition coefficient (Wildman–Crippen LogP) is 5.00. The topological polar surface area (TPSA) is 71.2 Å². The molecule has 7 nitrogen and oxygen atoms in total. The number of benzene rings is 3. The Kier molecular flexibility index (Phi) is 5.50. The van der Waals surface area contributed by atoms with Crippen LogP contribution in [0.3, 0.4) is 0 Å². The average Bonchev–Trinajstić information content (AvgIpc) is 3.56. The Morgan fingerprint density at radius 2 is 1.83 bits per heavy atom. The summed E-state index contributed by atoms with van der Waals surface area (Å²) in [7, 11) is 1.62. The highest BCUT2D eigenvalue weighted by molar-refractivity contribution is 7.99. The van der Waals surface area contributed by atoms with Crippen LogP contribution >= 0.6 is 11.8 Å². The van der Waals surface area contributed by atoms with Crippen LogP contribution < -0.4 is 15.0 Å². The predicted molar refractivity (Wildman–Crippen MR) is 136 cm³/mol. The molecule has 6 rings (SSSR count). The molecule has 2 aromatic heterocycles. The Labute approximate surface area is 205 Å². The molecule has 0 amide bonds. The summed E-state index contributed by atoms with van der Waals surface area (Å²) in [4.78, 5) is 13.3. The number of fused-ring (bicyclic) bond motifs is 2. The molecule has 1 aliphatic heterocycles. The highest BCUT2D eigenvalue weighted by Crippen LogP contribution is 2.41. The van der Waals surface area contributed by atoms with Crippen LogP contribution in [0.1, 0.15) is 11.7 Å². The van der Waals surface area contributed by atoms with Gasteiger partial charge in [0.25, 0.3) is 5.56 Å². The summed E-state index contributed by atoms with van der Waals surface area (Å²) in [5, 5.41) is 11.6. The van der Waals surface area contributed by atoms with Crippen LogP contribution in [0.15, 0.2) is 94.9 Å². The van der Waals surface area contributed by atoms with Gasteiger partial charge >= 0.3 is 0 Å². The summed E-state index contributed by atoms with van der Waals surface area (Å²) in [5.41, 5.74) is 2.34. The first-order valence-corrected chi connectivity index (χ1v) is 12.2. The van der Waals surface area contributed by atoms with Crippen LogP contribution in [0.25, 0.3) is 22.0 Å². The van der Waals surface area contributed by atoms with Crippen LogP contribution in [-0.4, -0.2) is 32.4 Å². The van der Waals surface area contributed by atoms with Crippen LogP contribution in [0, 0.1) is 0 Å². The van der Waals surface area contributed by atoms with Gasteiger partial charge in [-0.05, 0) is 11.5 Å². The largest absolute Gasteiger partial charge is 0.494 e. The maximum absolute atomic E-state index is 13.3. The fourth-order valence-electron chi connectivity index (χ4n) is 4.44. The number of hydrogen-bond donors (Lipinski definition) is 0. The summed E-state index contributed by atoms with van der Waals surface area (Å²) in [6, 6.07) is 25.5. The first kappa shape index (κ1) is 21.5. The molecule has 35 heavy (non-hydrogen) atoms. The van der Waals surface area contributed by atoms with Gasteiger partial charge in [0, 0.05) is 28.3 Å². The number of methoxy groups -OCH3 is 1. The summed E-state index contributed by atoms with van der Waals surface area (Å²) >= 11 is 1.57. The van der Waals surface area contributed by atoms with Crippen molar-refractivity contribution in [2.45, 2.75) is 17.8 Å². The van der Waals surface area contributed by atoms with Crippen LogP contribution in [0.4, 0.5) is 0 Å². The first-order valence-electron chi connectivity index (χ1n) is 11.3. The number of thioether (sulfide) groups is 1. The van der Waals surface area contributed by atoms with E-state index in [0.29, 0.717) is 17.1 Å². The Balaban J connectivity index is 1.32. The number of ether oxygens (including phenoxy) is 2. The fourth-order valence-corrected chi connectivity index (χ4v) is 5.74.